The first-order valence-electron chi connectivity index (χ1n) is 16.7. The van der Waals surface area contributed by atoms with Crippen LogP contribution >= 0.6 is 0 Å². The molecular formula is C38H37F7N4O4. The zero-order valence-corrected chi connectivity index (χ0v) is 28.4. The molecule has 1 heterocycles. The van der Waals surface area contributed by atoms with Gasteiger partial charge in [-0.25, -0.2) is 22.4 Å². The molecule has 0 aromatic heterocycles. The van der Waals surface area contributed by atoms with Crippen molar-refractivity contribution in [3.8, 4) is 0 Å². The van der Waals surface area contributed by atoms with Gasteiger partial charge in [0, 0.05) is 23.7 Å². The van der Waals surface area contributed by atoms with Crippen LogP contribution in [0.2, 0.25) is 0 Å². The van der Waals surface area contributed by atoms with Crippen molar-refractivity contribution < 1.29 is 49.8 Å². The minimum absolute atomic E-state index is 0.104. The molecule has 53 heavy (non-hydrogen) atoms. The Kier molecular flexibility index (Phi) is 12.6. The van der Waals surface area contributed by atoms with Gasteiger partial charge in [0.05, 0.1) is 30.4 Å². The van der Waals surface area contributed by atoms with E-state index in [1.54, 1.807) is 6.07 Å². The van der Waals surface area contributed by atoms with E-state index in [0.29, 0.717) is 35.8 Å². The van der Waals surface area contributed by atoms with E-state index < -0.39 is 71.1 Å². The van der Waals surface area contributed by atoms with Crippen LogP contribution in [0.5, 0.6) is 0 Å². The number of alkyl halides is 3. The Labute approximate surface area is 300 Å². The molecule has 282 valence electrons. The number of halogens is 7. The van der Waals surface area contributed by atoms with Crippen LogP contribution in [0.15, 0.2) is 84.9 Å². The molecule has 0 saturated carbocycles. The highest BCUT2D eigenvalue weighted by molar-refractivity contribution is 5.85. The molecule has 2 amide bonds. The topological polar surface area (TPSA) is 115 Å². The molecule has 0 spiro atoms. The second-order valence-electron chi connectivity index (χ2n) is 12.7. The predicted octanol–water partition coefficient (Wildman–Crippen LogP) is 7.14. The third-order valence-corrected chi connectivity index (χ3v) is 8.95. The molecule has 8 nitrogen and oxygen atoms in total. The van der Waals surface area contributed by atoms with E-state index in [1.807, 2.05) is 0 Å². The maximum absolute atomic E-state index is 15.3. The van der Waals surface area contributed by atoms with Gasteiger partial charge in [-0.3, -0.25) is 4.79 Å². The summed E-state index contributed by atoms with van der Waals surface area (Å²) in [4.78, 5) is 25.3. The number of hydrogen-bond donors (Lipinski definition) is 4. The molecule has 15 heteroatoms. The van der Waals surface area contributed by atoms with Crippen molar-refractivity contribution in [1.29, 1.82) is 0 Å². The van der Waals surface area contributed by atoms with Crippen LogP contribution in [0.1, 0.15) is 53.1 Å². The van der Waals surface area contributed by atoms with Crippen molar-refractivity contribution in [2.75, 3.05) is 25.1 Å². The number of carbonyl (C=O) groups is 2. The maximum atomic E-state index is 15.3. The largest absolute Gasteiger partial charge is 0.448 e. The molecule has 1 fully saturated rings. The Morgan fingerprint density at radius 3 is 2.11 bits per heavy atom. The van der Waals surface area contributed by atoms with Crippen molar-refractivity contribution in [2.24, 2.45) is 5.73 Å². The summed E-state index contributed by atoms with van der Waals surface area (Å²) in [5.74, 6) is -4.17. The van der Waals surface area contributed by atoms with Gasteiger partial charge in [-0.2, -0.15) is 13.2 Å². The van der Waals surface area contributed by atoms with Crippen LogP contribution in [0.4, 0.5) is 41.2 Å². The van der Waals surface area contributed by atoms with Crippen molar-refractivity contribution in [3.05, 3.63) is 136 Å². The number of rotatable bonds is 13. The smallest absolute Gasteiger partial charge is 0.416 e. The summed E-state index contributed by atoms with van der Waals surface area (Å²) in [5.41, 5.74) is 5.93. The molecule has 0 bridgehead atoms. The molecular weight excluding hydrogens is 709 g/mol. The highest BCUT2D eigenvalue weighted by Crippen LogP contribution is 2.36. The van der Waals surface area contributed by atoms with E-state index in [0.717, 1.165) is 12.1 Å². The monoisotopic (exact) mass is 746 g/mol. The first-order chi connectivity index (χ1) is 25.2. The Hall–Kier alpha value is -5.15. The number of ether oxygens (including phenoxy) is 2. The number of amides is 2. The molecule has 0 radical (unpaired) electrons. The van der Waals surface area contributed by atoms with E-state index in [9.17, 15) is 35.9 Å². The minimum Gasteiger partial charge on any atom is -0.448 e. The molecule has 0 aliphatic carbocycles. The standard InChI is InChI=1S/C38H37F7N4O4/c1-21(29-15-13-26(41)17-31(29)38(43,44)45)48-37(51)53-20-27-19-52-28(18-47-27)14-16-30-32(42)3-2-4-33(30)49-35(36(46)50)34(22-5-9-24(39)10-6-22)23-7-11-25(40)12-8-23/h2-13,15,17,21,27-28,34-35,47,49H,14,16,18-20H2,1H3,(H2,46,50)(H,48,51)/t21-,27+,28-,35+/m1/s1. The number of benzene rings is 4. The lowest BCUT2D eigenvalue weighted by molar-refractivity contribution is -0.138. The van der Waals surface area contributed by atoms with Gasteiger partial charge in [-0.1, -0.05) is 36.4 Å². The van der Waals surface area contributed by atoms with Crippen LogP contribution < -0.4 is 21.7 Å². The van der Waals surface area contributed by atoms with Gasteiger partial charge in [-0.15, -0.1) is 0 Å². The SMILES string of the molecule is C[C@@H](NC(=O)OC[C@@H]1CO[C@H](CCc2c(F)cccc2N[C@H](C(N)=O)C(c2ccc(F)cc2)c2ccc(F)cc2)CN1)c1ccc(F)cc1C(F)(F)F. The number of morpholine rings is 1. The van der Waals surface area contributed by atoms with Crippen molar-refractivity contribution in [2.45, 2.75) is 56.1 Å². The molecule has 5 N–H and O–H groups in total. The summed E-state index contributed by atoms with van der Waals surface area (Å²) < 4.78 is 108. The zero-order chi connectivity index (χ0) is 38.3. The number of nitrogens with one attached hydrogen (secondary N) is 3. The number of nitrogens with two attached hydrogens (primary N) is 1. The molecule has 4 aromatic carbocycles. The molecule has 1 saturated heterocycles. The average Bonchev–Trinajstić information content (AvgIpc) is 3.11. The summed E-state index contributed by atoms with van der Waals surface area (Å²) in [6, 6.07) is 14.7. The van der Waals surface area contributed by atoms with Gasteiger partial charge in [0.1, 0.15) is 35.9 Å². The highest BCUT2D eigenvalue weighted by Gasteiger charge is 2.36. The molecule has 4 atom stereocenters. The van der Waals surface area contributed by atoms with Crippen molar-refractivity contribution in [1.82, 2.24) is 10.6 Å². The molecule has 4 aromatic rings. The van der Waals surface area contributed by atoms with Crippen LogP contribution in [0.25, 0.3) is 0 Å². The number of anilines is 1. The van der Waals surface area contributed by atoms with Crippen LogP contribution in [-0.2, 0) is 26.9 Å². The van der Waals surface area contributed by atoms with Gasteiger partial charge < -0.3 is 31.2 Å². The van der Waals surface area contributed by atoms with E-state index in [1.165, 1.54) is 67.6 Å². The first-order valence-corrected chi connectivity index (χ1v) is 16.7. The molecule has 1 aliphatic rings. The molecule has 0 unspecified atom stereocenters. The fraction of sp³-hybridized carbons (Fsp3) is 0.316. The van der Waals surface area contributed by atoms with Crippen LogP contribution in [0, 0.1) is 23.3 Å². The quantitative estimate of drug-likeness (QED) is 0.108. The van der Waals surface area contributed by atoms with E-state index in [2.05, 4.69) is 16.0 Å². The van der Waals surface area contributed by atoms with E-state index >= 15 is 4.39 Å². The van der Waals surface area contributed by atoms with Crippen LogP contribution in [-0.4, -0.2) is 49.9 Å². The Balaban J connectivity index is 1.18. The number of hydrogen-bond acceptors (Lipinski definition) is 6. The Bertz CT molecular complexity index is 1820. The number of alkyl carbamates (subject to hydrolysis) is 1. The summed E-state index contributed by atoms with van der Waals surface area (Å²) in [7, 11) is 0. The first kappa shape index (κ1) is 39.1. The van der Waals surface area contributed by atoms with Crippen LogP contribution in [0.3, 0.4) is 0 Å². The lowest BCUT2D eigenvalue weighted by Crippen LogP contribution is -2.49. The summed E-state index contributed by atoms with van der Waals surface area (Å²) in [5, 5.41) is 8.58. The zero-order valence-electron chi connectivity index (χ0n) is 28.4. The molecule has 1 aliphatic heterocycles. The third-order valence-electron chi connectivity index (χ3n) is 8.95. The normalized spacial score (nSPS) is 17.2. The summed E-state index contributed by atoms with van der Waals surface area (Å²) in [6.07, 6.45) is -5.67. The van der Waals surface area contributed by atoms with Gasteiger partial charge in [0.15, 0.2) is 0 Å². The number of carbonyl (C=O) groups excluding carboxylic acids is 2. The molecule has 5 rings (SSSR count). The average molecular weight is 747 g/mol. The Morgan fingerprint density at radius 1 is 0.925 bits per heavy atom. The lowest BCUT2D eigenvalue weighted by atomic mass is 9.84. The van der Waals surface area contributed by atoms with E-state index in [4.69, 9.17) is 15.2 Å². The van der Waals surface area contributed by atoms with Crippen molar-refractivity contribution in [3.63, 3.8) is 0 Å². The van der Waals surface area contributed by atoms with Gasteiger partial charge in [0.2, 0.25) is 5.91 Å². The third kappa shape index (κ3) is 10.3. The fourth-order valence-electron chi connectivity index (χ4n) is 6.24. The van der Waals surface area contributed by atoms with Crippen molar-refractivity contribution >= 4 is 17.7 Å². The van der Waals surface area contributed by atoms with Gasteiger partial charge >= 0.3 is 12.3 Å². The lowest BCUT2D eigenvalue weighted by Gasteiger charge is -2.31. The predicted molar refractivity (Wildman–Crippen MR) is 182 cm³/mol. The Morgan fingerprint density at radius 2 is 1.55 bits per heavy atom. The number of primary amides is 1. The second-order valence-corrected chi connectivity index (χ2v) is 12.7. The summed E-state index contributed by atoms with van der Waals surface area (Å²) in [6.45, 7) is 1.55. The van der Waals surface area contributed by atoms with Gasteiger partial charge in [0.25, 0.3) is 0 Å². The second kappa shape index (κ2) is 17.1. The maximum Gasteiger partial charge on any atom is 0.416 e. The van der Waals surface area contributed by atoms with Gasteiger partial charge in [-0.05, 0) is 85.0 Å². The fourth-order valence-corrected chi connectivity index (χ4v) is 6.24. The summed E-state index contributed by atoms with van der Waals surface area (Å²) >= 11 is 0. The highest BCUT2D eigenvalue weighted by atomic mass is 19.4. The minimum atomic E-state index is -4.83. The van der Waals surface area contributed by atoms with E-state index in [-0.39, 0.29) is 36.9 Å².